The van der Waals surface area contributed by atoms with E-state index in [9.17, 15) is 5.11 Å². The Hall–Kier alpha value is -1.77. The second kappa shape index (κ2) is 6.74. The maximum Gasteiger partial charge on any atom is 0.0992 e. The first kappa shape index (κ1) is 13.3. The Morgan fingerprint density at radius 2 is 2.35 bits per heavy atom. The van der Waals surface area contributed by atoms with E-state index in [0.29, 0.717) is 36.5 Å². The average molecular weight is 235 g/mol. The number of nitrogens with zero attached hydrogens (tertiary/aromatic N) is 1. The molecule has 0 spiro atoms. The molecular formula is C12H17N3O2. The first-order chi connectivity index (χ1) is 8.17. The van der Waals surface area contributed by atoms with Gasteiger partial charge in [-0.05, 0) is 24.6 Å². The molecule has 1 atom stereocenters. The summed E-state index contributed by atoms with van der Waals surface area (Å²) >= 11 is 0. The molecule has 5 nitrogen and oxygen atoms in total. The molecule has 1 aromatic carbocycles. The van der Waals surface area contributed by atoms with Crippen molar-refractivity contribution in [3.05, 3.63) is 23.8 Å². The molecule has 0 bridgehead atoms. The fourth-order valence-electron chi connectivity index (χ4n) is 1.43. The zero-order chi connectivity index (χ0) is 12.7. The van der Waals surface area contributed by atoms with Gasteiger partial charge in [0.05, 0.1) is 35.7 Å². The molecule has 0 aliphatic carbocycles. The second-order valence-corrected chi connectivity index (χ2v) is 3.74. The minimum absolute atomic E-state index is 0.315. The van der Waals surface area contributed by atoms with Crippen LogP contribution >= 0.6 is 0 Å². The Labute approximate surface area is 101 Å². The normalized spacial score (nSPS) is 11.8. The van der Waals surface area contributed by atoms with Crippen LogP contribution in [0.4, 0.5) is 11.4 Å². The maximum atomic E-state index is 9.45. The van der Waals surface area contributed by atoms with Crippen molar-refractivity contribution in [2.75, 3.05) is 31.3 Å². The van der Waals surface area contributed by atoms with Gasteiger partial charge in [-0.1, -0.05) is 0 Å². The van der Waals surface area contributed by atoms with Gasteiger partial charge in [0.1, 0.15) is 0 Å². The molecule has 0 heterocycles. The Kier molecular flexibility index (Phi) is 5.27. The third kappa shape index (κ3) is 4.31. The van der Waals surface area contributed by atoms with Gasteiger partial charge >= 0.3 is 0 Å². The summed E-state index contributed by atoms with van der Waals surface area (Å²) in [5, 5.41) is 21.3. The number of nitrogens with one attached hydrogen (secondary N) is 1. The number of aliphatic hydroxyl groups is 1. The summed E-state index contributed by atoms with van der Waals surface area (Å²) in [6, 6.07) is 7.10. The summed E-state index contributed by atoms with van der Waals surface area (Å²) in [5.41, 5.74) is 7.62. The summed E-state index contributed by atoms with van der Waals surface area (Å²) < 4.78 is 4.82. The first-order valence-electron chi connectivity index (χ1n) is 5.38. The van der Waals surface area contributed by atoms with Gasteiger partial charge in [-0.3, -0.25) is 0 Å². The van der Waals surface area contributed by atoms with Crippen LogP contribution in [0.5, 0.6) is 0 Å². The third-order valence-electron chi connectivity index (χ3n) is 2.33. The van der Waals surface area contributed by atoms with E-state index in [2.05, 4.69) is 5.32 Å². The first-order valence-corrected chi connectivity index (χ1v) is 5.38. The lowest BCUT2D eigenvalue weighted by molar-refractivity contribution is 0.0615. The predicted octanol–water partition coefficient (Wildman–Crippen LogP) is 0.950. The van der Waals surface area contributed by atoms with E-state index >= 15 is 0 Å². The summed E-state index contributed by atoms with van der Waals surface area (Å²) in [7, 11) is 1.55. The molecule has 92 valence electrons. The number of anilines is 2. The van der Waals surface area contributed by atoms with Gasteiger partial charge < -0.3 is 20.9 Å². The Bertz CT molecular complexity index is 401. The zero-order valence-corrected chi connectivity index (χ0v) is 9.81. The van der Waals surface area contributed by atoms with Crippen LogP contribution in [0.1, 0.15) is 12.0 Å². The number of hydrogen-bond donors (Lipinski definition) is 3. The van der Waals surface area contributed by atoms with Gasteiger partial charge in [0.2, 0.25) is 0 Å². The van der Waals surface area contributed by atoms with Crippen LogP contribution in [0.25, 0.3) is 0 Å². The average Bonchev–Trinajstić information content (AvgIpc) is 2.32. The number of aliphatic hydroxyl groups excluding tert-OH is 1. The third-order valence-corrected chi connectivity index (χ3v) is 2.33. The molecule has 0 saturated carbocycles. The van der Waals surface area contributed by atoms with E-state index in [4.69, 9.17) is 15.7 Å². The molecule has 1 unspecified atom stereocenters. The van der Waals surface area contributed by atoms with Crippen LogP contribution in [0.2, 0.25) is 0 Å². The van der Waals surface area contributed by atoms with Crippen molar-refractivity contribution in [2.24, 2.45) is 0 Å². The molecule has 0 aliphatic rings. The topological polar surface area (TPSA) is 91.3 Å². The van der Waals surface area contributed by atoms with Crippen molar-refractivity contribution in [3.8, 4) is 6.07 Å². The van der Waals surface area contributed by atoms with Gasteiger partial charge in [0, 0.05) is 13.7 Å². The van der Waals surface area contributed by atoms with E-state index in [1.165, 1.54) is 0 Å². The fraction of sp³-hybridized carbons (Fsp3) is 0.417. The fourth-order valence-corrected chi connectivity index (χ4v) is 1.43. The van der Waals surface area contributed by atoms with Crippen LogP contribution < -0.4 is 11.1 Å². The molecule has 1 aromatic rings. The zero-order valence-electron chi connectivity index (χ0n) is 9.81. The van der Waals surface area contributed by atoms with E-state index < -0.39 is 6.10 Å². The van der Waals surface area contributed by atoms with Crippen molar-refractivity contribution in [1.82, 2.24) is 0 Å². The molecular weight excluding hydrogens is 218 g/mol. The van der Waals surface area contributed by atoms with Crippen LogP contribution in [0.3, 0.4) is 0 Å². The highest BCUT2D eigenvalue weighted by Gasteiger charge is 2.04. The molecule has 0 amide bonds. The lowest BCUT2D eigenvalue weighted by Crippen LogP contribution is -2.18. The number of nitrogens with two attached hydrogens (primary N) is 1. The number of rotatable bonds is 6. The Balaban J connectivity index is 2.49. The van der Waals surface area contributed by atoms with E-state index in [-0.39, 0.29) is 0 Å². The SMILES string of the molecule is COCC(O)CCNc1cc(C#N)ccc1N. The number of benzene rings is 1. The number of nitriles is 1. The molecule has 0 aliphatic heterocycles. The van der Waals surface area contributed by atoms with E-state index in [1.54, 1.807) is 25.3 Å². The van der Waals surface area contributed by atoms with Crippen molar-refractivity contribution in [1.29, 1.82) is 5.26 Å². The summed E-state index contributed by atoms with van der Waals surface area (Å²) in [4.78, 5) is 0. The van der Waals surface area contributed by atoms with Gasteiger partial charge in [0.25, 0.3) is 0 Å². The van der Waals surface area contributed by atoms with Gasteiger partial charge in [-0.25, -0.2) is 0 Å². The number of methoxy groups -OCH3 is 1. The van der Waals surface area contributed by atoms with Crippen molar-refractivity contribution in [3.63, 3.8) is 0 Å². The summed E-state index contributed by atoms with van der Waals surface area (Å²) in [5.74, 6) is 0. The Morgan fingerprint density at radius 3 is 3.00 bits per heavy atom. The highest BCUT2D eigenvalue weighted by Crippen LogP contribution is 2.19. The molecule has 1 rings (SSSR count). The molecule has 5 heteroatoms. The molecule has 0 fully saturated rings. The summed E-state index contributed by atoms with van der Waals surface area (Å²) in [6.45, 7) is 0.888. The molecule has 17 heavy (non-hydrogen) atoms. The van der Waals surface area contributed by atoms with Crippen LogP contribution in [0.15, 0.2) is 18.2 Å². The van der Waals surface area contributed by atoms with E-state index in [0.717, 1.165) is 0 Å². The largest absolute Gasteiger partial charge is 0.397 e. The van der Waals surface area contributed by atoms with Gasteiger partial charge in [-0.2, -0.15) is 5.26 Å². The summed E-state index contributed by atoms with van der Waals surface area (Å²) in [6.07, 6.45) is 0.0669. The highest BCUT2D eigenvalue weighted by atomic mass is 16.5. The minimum Gasteiger partial charge on any atom is -0.397 e. The lowest BCUT2D eigenvalue weighted by Gasteiger charge is -2.12. The molecule has 0 radical (unpaired) electrons. The van der Waals surface area contributed by atoms with Gasteiger partial charge in [-0.15, -0.1) is 0 Å². The van der Waals surface area contributed by atoms with Crippen LogP contribution in [-0.2, 0) is 4.74 Å². The highest BCUT2D eigenvalue weighted by molar-refractivity contribution is 5.68. The van der Waals surface area contributed by atoms with E-state index in [1.807, 2.05) is 6.07 Å². The predicted molar refractivity (Wildman–Crippen MR) is 66.6 cm³/mol. The molecule has 0 saturated heterocycles. The van der Waals surface area contributed by atoms with Crippen LogP contribution in [0, 0.1) is 11.3 Å². The maximum absolute atomic E-state index is 9.45. The number of ether oxygens (including phenoxy) is 1. The standard InChI is InChI=1S/C12H17N3O2/c1-17-8-10(16)4-5-15-12-6-9(7-13)2-3-11(12)14/h2-3,6,10,15-16H,4-5,8,14H2,1H3. The molecule has 4 N–H and O–H groups in total. The minimum atomic E-state index is -0.493. The quantitative estimate of drug-likeness (QED) is 0.638. The van der Waals surface area contributed by atoms with Crippen molar-refractivity contribution < 1.29 is 9.84 Å². The van der Waals surface area contributed by atoms with Gasteiger partial charge in [0.15, 0.2) is 0 Å². The lowest BCUT2D eigenvalue weighted by atomic mass is 10.2. The Morgan fingerprint density at radius 1 is 1.59 bits per heavy atom. The molecule has 0 aromatic heterocycles. The number of hydrogen-bond acceptors (Lipinski definition) is 5. The number of nitrogen functional groups attached to an aromatic ring is 1. The monoisotopic (exact) mass is 235 g/mol. The van der Waals surface area contributed by atoms with Crippen molar-refractivity contribution in [2.45, 2.75) is 12.5 Å². The second-order valence-electron chi connectivity index (χ2n) is 3.74. The van der Waals surface area contributed by atoms with Crippen molar-refractivity contribution >= 4 is 11.4 Å². The smallest absolute Gasteiger partial charge is 0.0992 e. The van der Waals surface area contributed by atoms with Crippen LogP contribution in [-0.4, -0.2) is 31.5 Å².